The fourth-order valence-corrected chi connectivity index (χ4v) is 6.85. The van der Waals surface area contributed by atoms with Crippen molar-refractivity contribution >= 4 is 32.7 Å². The number of nitrogens with zero attached hydrogens (tertiary/aromatic N) is 5. The zero-order valence-corrected chi connectivity index (χ0v) is 22.8. The standard InChI is InChI=1S/C28H31N5O4S/c1-17-5-8-21(9-6-17)32-25(11-12-26(32)34)28-29-23-15-20(27-18(2)30-37-19(27)3)7-10-24(23)33(28)22-13-14-31(16-22)38(4,35)36/h5-10,15,22,25H,11-14,16H2,1-4H3/t22-,25+/m1/s1. The normalized spacial score (nSPS) is 20.7. The molecule has 0 saturated carbocycles. The number of benzene rings is 2. The molecule has 1 amide bonds. The minimum absolute atomic E-state index is 0.0676. The van der Waals surface area contributed by atoms with Gasteiger partial charge in [0, 0.05) is 30.8 Å². The number of aromatic nitrogens is 3. The first-order valence-electron chi connectivity index (χ1n) is 12.9. The van der Waals surface area contributed by atoms with Crippen molar-refractivity contribution in [2.24, 2.45) is 0 Å². The van der Waals surface area contributed by atoms with Crippen LogP contribution in [0.3, 0.4) is 0 Å². The summed E-state index contributed by atoms with van der Waals surface area (Å²) in [4.78, 5) is 20.1. The first-order chi connectivity index (χ1) is 18.1. The van der Waals surface area contributed by atoms with Gasteiger partial charge in [-0.15, -0.1) is 0 Å². The van der Waals surface area contributed by atoms with E-state index in [0.29, 0.717) is 32.4 Å². The van der Waals surface area contributed by atoms with E-state index in [-0.39, 0.29) is 18.0 Å². The summed E-state index contributed by atoms with van der Waals surface area (Å²) in [5.74, 6) is 1.61. The van der Waals surface area contributed by atoms with Crippen molar-refractivity contribution < 1.29 is 17.7 Å². The van der Waals surface area contributed by atoms with E-state index in [1.54, 1.807) is 0 Å². The topological polar surface area (TPSA) is 102 Å². The molecule has 2 saturated heterocycles. The first kappa shape index (κ1) is 24.8. The van der Waals surface area contributed by atoms with Crippen LogP contribution in [0, 0.1) is 20.8 Å². The highest BCUT2D eigenvalue weighted by Crippen LogP contribution is 2.41. The Balaban J connectivity index is 1.50. The minimum Gasteiger partial charge on any atom is -0.361 e. The quantitative estimate of drug-likeness (QED) is 0.369. The lowest BCUT2D eigenvalue weighted by Crippen LogP contribution is -2.31. The smallest absolute Gasteiger partial charge is 0.227 e. The maximum atomic E-state index is 13.1. The molecule has 2 fully saturated rings. The zero-order valence-electron chi connectivity index (χ0n) is 22.0. The van der Waals surface area contributed by atoms with Gasteiger partial charge in [-0.2, -0.15) is 0 Å². The summed E-state index contributed by atoms with van der Waals surface area (Å²) in [6.07, 6.45) is 3.02. The molecule has 4 aromatic rings. The molecule has 6 rings (SSSR count). The van der Waals surface area contributed by atoms with Gasteiger partial charge in [-0.25, -0.2) is 17.7 Å². The number of aryl methyl sites for hydroxylation is 3. The van der Waals surface area contributed by atoms with Crippen LogP contribution < -0.4 is 4.90 Å². The monoisotopic (exact) mass is 533 g/mol. The Hall–Kier alpha value is -3.50. The van der Waals surface area contributed by atoms with E-state index >= 15 is 0 Å². The fraction of sp³-hybridized carbons (Fsp3) is 0.393. The number of hydrogen-bond donors (Lipinski definition) is 0. The predicted molar refractivity (Wildman–Crippen MR) is 145 cm³/mol. The molecule has 0 radical (unpaired) electrons. The Labute approximate surface area is 222 Å². The van der Waals surface area contributed by atoms with Gasteiger partial charge in [0.05, 0.1) is 35.1 Å². The lowest BCUT2D eigenvalue weighted by molar-refractivity contribution is -0.117. The van der Waals surface area contributed by atoms with Crippen molar-refractivity contribution in [3.63, 3.8) is 0 Å². The molecule has 198 valence electrons. The van der Waals surface area contributed by atoms with Gasteiger partial charge in [0.2, 0.25) is 15.9 Å². The third-order valence-electron chi connectivity index (χ3n) is 7.82. The van der Waals surface area contributed by atoms with Crippen LogP contribution in [-0.4, -0.2) is 52.7 Å². The summed E-state index contributed by atoms with van der Waals surface area (Å²) in [6, 6.07) is 13.8. The first-order valence-corrected chi connectivity index (χ1v) is 14.8. The summed E-state index contributed by atoms with van der Waals surface area (Å²) < 4.78 is 33.8. The van der Waals surface area contributed by atoms with Crippen molar-refractivity contribution in [3.8, 4) is 11.1 Å². The Morgan fingerprint density at radius 2 is 1.79 bits per heavy atom. The summed E-state index contributed by atoms with van der Waals surface area (Å²) in [7, 11) is -3.31. The third-order valence-corrected chi connectivity index (χ3v) is 9.09. The Bertz CT molecular complexity index is 1630. The maximum Gasteiger partial charge on any atom is 0.227 e. The molecule has 2 aromatic heterocycles. The van der Waals surface area contributed by atoms with Crippen LogP contribution in [0.15, 0.2) is 47.0 Å². The van der Waals surface area contributed by atoms with Crippen LogP contribution >= 0.6 is 0 Å². The Morgan fingerprint density at radius 3 is 2.45 bits per heavy atom. The largest absolute Gasteiger partial charge is 0.361 e. The highest BCUT2D eigenvalue weighted by atomic mass is 32.2. The van der Waals surface area contributed by atoms with Crippen LogP contribution in [0.2, 0.25) is 0 Å². The number of anilines is 1. The number of amides is 1. The highest BCUT2D eigenvalue weighted by Gasteiger charge is 2.39. The molecule has 4 heterocycles. The van der Waals surface area contributed by atoms with Gasteiger partial charge in [-0.05, 0) is 63.4 Å². The molecule has 2 aliphatic heterocycles. The zero-order chi connectivity index (χ0) is 26.8. The summed E-state index contributed by atoms with van der Waals surface area (Å²) in [5.41, 5.74) is 6.44. The van der Waals surface area contributed by atoms with Crippen molar-refractivity contribution in [2.75, 3.05) is 24.2 Å². The lowest BCUT2D eigenvalue weighted by Gasteiger charge is -2.27. The van der Waals surface area contributed by atoms with Gasteiger partial charge in [-0.3, -0.25) is 4.79 Å². The second-order valence-corrected chi connectivity index (χ2v) is 12.4. The average molecular weight is 534 g/mol. The SMILES string of the molecule is Cc1ccc(N2C(=O)CC[C@H]2c2nc3cc(-c4c(C)noc4C)ccc3n2[C@@H]2CCN(S(C)(=O)=O)C2)cc1. The Kier molecular flexibility index (Phi) is 5.92. The highest BCUT2D eigenvalue weighted by molar-refractivity contribution is 7.88. The van der Waals surface area contributed by atoms with Gasteiger partial charge >= 0.3 is 0 Å². The Morgan fingerprint density at radius 1 is 1.03 bits per heavy atom. The van der Waals surface area contributed by atoms with Crippen LogP contribution in [0.5, 0.6) is 0 Å². The van der Waals surface area contributed by atoms with Crippen molar-refractivity contribution in [1.29, 1.82) is 0 Å². The molecule has 38 heavy (non-hydrogen) atoms. The van der Waals surface area contributed by atoms with E-state index in [9.17, 15) is 13.2 Å². The van der Waals surface area contributed by atoms with Gasteiger partial charge < -0.3 is 14.0 Å². The summed E-state index contributed by atoms with van der Waals surface area (Å²) in [6.45, 7) is 6.68. The number of carbonyl (C=O) groups is 1. The number of sulfonamides is 1. The van der Waals surface area contributed by atoms with E-state index in [0.717, 1.165) is 50.7 Å². The van der Waals surface area contributed by atoms with Gasteiger partial charge in [0.1, 0.15) is 11.6 Å². The molecular formula is C28H31N5O4S. The number of fused-ring (bicyclic) bond motifs is 1. The molecule has 0 aliphatic carbocycles. The van der Waals surface area contributed by atoms with Crippen LogP contribution in [0.25, 0.3) is 22.2 Å². The van der Waals surface area contributed by atoms with E-state index < -0.39 is 10.0 Å². The maximum absolute atomic E-state index is 13.1. The molecule has 2 aliphatic rings. The molecule has 2 aromatic carbocycles. The van der Waals surface area contributed by atoms with Crippen molar-refractivity contribution in [1.82, 2.24) is 19.0 Å². The molecule has 10 heteroatoms. The molecule has 0 bridgehead atoms. The van der Waals surface area contributed by atoms with E-state index in [1.165, 1.54) is 10.6 Å². The number of carbonyl (C=O) groups excluding carboxylic acids is 1. The number of rotatable bonds is 5. The van der Waals surface area contributed by atoms with E-state index in [2.05, 4.69) is 9.72 Å². The fourth-order valence-electron chi connectivity index (χ4n) is 5.97. The number of imidazole rings is 1. The summed E-state index contributed by atoms with van der Waals surface area (Å²) in [5, 5.41) is 4.10. The molecular weight excluding hydrogens is 502 g/mol. The van der Waals surface area contributed by atoms with Crippen LogP contribution in [0.1, 0.15) is 54.2 Å². The van der Waals surface area contributed by atoms with Gasteiger partial charge in [0.15, 0.2) is 0 Å². The second kappa shape index (κ2) is 9.06. The minimum atomic E-state index is -3.31. The molecule has 9 nitrogen and oxygen atoms in total. The summed E-state index contributed by atoms with van der Waals surface area (Å²) >= 11 is 0. The molecule has 0 unspecified atom stereocenters. The second-order valence-electron chi connectivity index (χ2n) is 10.5. The van der Waals surface area contributed by atoms with Crippen molar-refractivity contribution in [3.05, 3.63) is 65.3 Å². The van der Waals surface area contributed by atoms with Crippen molar-refractivity contribution in [2.45, 2.75) is 52.1 Å². The lowest BCUT2D eigenvalue weighted by atomic mass is 10.0. The third kappa shape index (κ3) is 4.12. The molecule has 0 spiro atoms. The van der Waals surface area contributed by atoms with E-state index in [4.69, 9.17) is 9.51 Å². The van der Waals surface area contributed by atoms with Crippen LogP contribution in [0.4, 0.5) is 5.69 Å². The predicted octanol–water partition coefficient (Wildman–Crippen LogP) is 4.69. The average Bonchev–Trinajstić information content (AvgIpc) is 3.64. The van der Waals surface area contributed by atoms with Gasteiger partial charge in [0.25, 0.3) is 0 Å². The van der Waals surface area contributed by atoms with E-state index in [1.807, 2.05) is 68.1 Å². The van der Waals surface area contributed by atoms with Crippen LogP contribution in [-0.2, 0) is 14.8 Å². The molecule has 2 atom stereocenters. The number of hydrogen-bond acceptors (Lipinski definition) is 6. The molecule has 0 N–H and O–H groups in total. The van der Waals surface area contributed by atoms with Gasteiger partial charge in [-0.1, -0.05) is 28.9 Å².